The van der Waals surface area contributed by atoms with Crippen LogP contribution in [0.1, 0.15) is 29.3 Å². The Morgan fingerprint density at radius 1 is 1.28 bits per heavy atom. The number of nitrogens with two attached hydrogens (primary N) is 2. The largest absolute Gasteiger partial charge is 0.481 e. The molecule has 98 valence electrons. The van der Waals surface area contributed by atoms with Crippen LogP contribution in [0, 0.1) is 0 Å². The van der Waals surface area contributed by atoms with Crippen molar-refractivity contribution in [1.82, 2.24) is 0 Å². The van der Waals surface area contributed by atoms with Crippen molar-refractivity contribution in [3.8, 4) is 0 Å². The number of carbonyl (C=O) groups is 2. The number of carboxylic acids is 1. The van der Waals surface area contributed by atoms with Crippen molar-refractivity contribution in [2.75, 3.05) is 0 Å². The maximum absolute atomic E-state index is 12.1. The summed E-state index contributed by atoms with van der Waals surface area (Å²) in [6, 6.07) is 5.92. The highest BCUT2D eigenvalue weighted by Crippen LogP contribution is 2.13. The molecule has 1 rings (SSSR count). The molecule has 0 saturated heterocycles. The molecule has 0 bridgehead atoms. The third-order valence-electron chi connectivity index (χ3n) is 2.56. The number of carboxylic acid groups (broad SMARTS) is 1. The van der Waals surface area contributed by atoms with Gasteiger partial charge in [-0.1, -0.05) is 24.3 Å². The second-order valence-corrected chi connectivity index (χ2v) is 4.41. The third kappa shape index (κ3) is 3.94. The first-order valence-electron chi connectivity index (χ1n) is 5.77. The lowest BCUT2D eigenvalue weighted by molar-refractivity contribution is -0.137. The summed E-state index contributed by atoms with van der Waals surface area (Å²) in [6.45, 7) is 1.85. The molecule has 0 radical (unpaired) electrons. The van der Waals surface area contributed by atoms with Crippen molar-refractivity contribution in [2.45, 2.75) is 31.8 Å². The maximum atomic E-state index is 12.1. The van der Waals surface area contributed by atoms with E-state index in [-0.39, 0.29) is 18.2 Å². The number of Topliss-reactive ketones (excluding diaryl/α,β-unsaturated/α-hetero) is 1. The van der Waals surface area contributed by atoms with E-state index in [0.717, 1.165) is 5.56 Å². The fourth-order valence-electron chi connectivity index (χ4n) is 1.77. The Morgan fingerprint density at radius 2 is 1.89 bits per heavy atom. The van der Waals surface area contributed by atoms with Gasteiger partial charge in [0.25, 0.3) is 0 Å². The number of ketones is 1. The molecule has 5 heteroatoms. The van der Waals surface area contributed by atoms with Crippen LogP contribution in [-0.4, -0.2) is 28.9 Å². The van der Waals surface area contributed by atoms with E-state index in [4.69, 9.17) is 16.6 Å². The predicted molar refractivity (Wildman–Crippen MR) is 68.4 cm³/mol. The number of carbonyl (C=O) groups excluding carboxylic acids is 1. The number of benzene rings is 1. The third-order valence-corrected chi connectivity index (χ3v) is 2.56. The predicted octanol–water partition coefficient (Wildman–Crippen LogP) is 0.561. The summed E-state index contributed by atoms with van der Waals surface area (Å²) in [5.41, 5.74) is 12.6. The second kappa shape index (κ2) is 6.28. The smallest absolute Gasteiger partial charge is 0.305 e. The minimum Gasteiger partial charge on any atom is -0.481 e. The summed E-state index contributed by atoms with van der Waals surface area (Å²) in [4.78, 5) is 22.6. The Hall–Kier alpha value is -1.72. The molecule has 2 atom stereocenters. The first-order valence-corrected chi connectivity index (χ1v) is 5.77. The van der Waals surface area contributed by atoms with E-state index in [1.807, 2.05) is 19.1 Å². The Morgan fingerprint density at radius 3 is 2.44 bits per heavy atom. The molecule has 0 aliphatic rings. The summed E-state index contributed by atoms with van der Waals surface area (Å²) < 4.78 is 0. The molecule has 0 aliphatic carbocycles. The van der Waals surface area contributed by atoms with Crippen molar-refractivity contribution in [2.24, 2.45) is 11.5 Å². The maximum Gasteiger partial charge on any atom is 0.305 e. The monoisotopic (exact) mass is 250 g/mol. The molecular weight excluding hydrogens is 232 g/mol. The minimum atomic E-state index is -1.08. The second-order valence-electron chi connectivity index (χ2n) is 4.41. The molecule has 0 spiro atoms. The minimum absolute atomic E-state index is 0.0744. The Kier molecular flexibility index (Phi) is 5.00. The van der Waals surface area contributed by atoms with Gasteiger partial charge in [0.2, 0.25) is 0 Å². The van der Waals surface area contributed by atoms with Crippen molar-refractivity contribution in [1.29, 1.82) is 0 Å². The molecule has 0 fully saturated rings. The number of aliphatic carboxylic acids is 1. The number of hydrogen-bond donors (Lipinski definition) is 3. The van der Waals surface area contributed by atoms with E-state index in [1.165, 1.54) is 0 Å². The molecule has 0 aliphatic heterocycles. The van der Waals surface area contributed by atoms with Crippen molar-refractivity contribution in [3.63, 3.8) is 0 Å². The lowest BCUT2D eigenvalue weighted by atomic mass is 9.94. The van der Waals surface area contributed by atoms with Gasteiger partial charge in [0.1, 0.15) is 0 Å². The van der Waals surface area contributed by atoms with Crippen LogP contribution in [0.5, 0.6) is 0 Å². The quantitative estimate of drug-likeness (QED) is 0.639. The van der Waals surface area contributed by atoms with E-state index >= 15 is 0 Å². The van der Waals surface area contributed by atoms with Crippen LogP contribution >= 0.6 is 0 Å². The van der Waals surface area contributed by atoms with Gasteiger partial charge in [0, 0.05) is 11.6 Å². The molecule has 0 saturated carbocycles. The molecule has 5 nitrogen and oxygen atoms in total. The summed E-state index contributed by atoms with van der Waals surface area (Å²) >= 11 is 0. The zero-order chi connectivity index (χ0) is 13.7. The van der Waals surface area contributed by atoms with Crippen LogP contribution in [0.15, 0.2) is 24.3 Å². The Labute approximate surface area is 106 Å². The summed E-state index contributed by atoms with van der Waals surface area (Å²) in [5.74, 6) is -1.44. The fraction of sp³-hybridized carbons (Fsp3) is 0.385. The number of rotatable bonds is 6. The molecule has 1 aromatic rings. The van der Waals surface area contributed by atoms with Crippen LogP contribution in [0.3, 0.4) is 0 Å². The highest BCUT2D eigenvalue weighted by atomic mass is 16.4. The highest BCUT2D eigenvalue weighted by molar-refractivity contribution is 6.02. The van der Waals surface area contributed by atoms with Gasteiger partial charge in [-0.15, -0.1) is 0 Å². The van der Waals surface area contributed by atoms with Gasteiger partial charge in [0.05, 0.1) is 12.5 Å². The van der Waals surface area contributed by atoms with E-state index in [9.17, 15) is 9.59 Å². The summed E-state index contributed by atoms with van der Waals surface area (Å²) in [6.07, 6.45) is 0.188. The zero-order valence-electron chi connectivity index (χ0n) is 10.3. The van der Waals surface area contributed by atoms with Crippen LogP contribution in [0.4, 0.5) is 0 Å². The average Bonchev–Trinajstić information content (AvgIpc) is 2.27. The molecule has 5 N–H and O–H groups in total. The normalized spacial score (nSPS) is 13.9. The molecule has 1 aromatic carbocycles. The van der Waals surface area contributed by atoms with E-state index < -0.39 is 12.0 Å². The van der Waals surface area contributed by atoms with E-state index in [0.29, 0.717) is 12.0 Å². The Bertz CT molecular complexity index is 444. The Balaban J connectivity index is 2.94. The SMILES string of the molecule is CC(N)Cc1ccccc1C(=O)C(N)CC(=O)O. The van der Waals surface area contributed by atoms with E-state index in [1.54, 1.807) is 12.1 Å². The van der Waals surface area contributed by atoms with Crippen molar-refractivity contribution >= 4 is 11.8 Å². The molecule has 2 unspecified atom stereocenters. The van der Waals surface area contributed by atoms with Crippen LogP contribution in [0.2, 0.25) is 0 Å². The zero-order valence-corrected chi connectivity index (χ0v) is 10.3. The summed E-state index contributed by atoms with van der Waals surface area (Å²) in [7, 11) is 0. The van der Waals surface area contributed by atoms with Gasteiger partial charge in [-0.25, -0.2) is 0 Å². The van der Waals surface area contributed by atoms with Gasteiger partial charge in [-0.2, -0.15) is 0 Å². The first kappa shape index (κ1) is 14.3. The van der Waals surface area contributed by atoms with Crippen LogP contribution in [-0.2, 0) is 11.2 Å². The van der Waals surface area contributed by atoms with Crippen molar-refractivity contribution in [3.05, 3.63) is 35.4 Å². The fourth-order valence-corrected chi connectivity index (χ4v) is 1.77. The van der Waals surface area contributed by atoms with Crippen LogP contribution in [0.25, 0.3) is 0 Å². The average molecular weight is 250 g/mol. The van der Waals surface area contributed by atoms with Gasteiger partial charge in [-0.3, -0.25) is 9.59 Å². The molecule has 0 heterocycles. The van der Waals surface area contributed by atoms with E-state index in [2.05, 4.69) is 0 Å². The van der Waals surface area contributed by atoms with Crippen molar-refractivity contribution < 1.29 is 14.7 Å². The molecular formula is C13H18N2O3. The molecule has 18 heavy (non-hydrogen) atoms. The van der Waals surface area contributed by atoms with Crippen LogP contribution < -0.4 is 11.5 Å². The van der Waals surface area contributed by atoms with Gasteiger partial charge >= 0.3 is 5.97 Å². The highest BCUT2D eigenvalue weighted by Gasteiger charge is 2.21. The number of hydrogen-bond acceptors (Lipinski definition) is 4. The topological polar surface area (TPSA) is 106 Å². The molecule has 0 amide bonds. The first-order chi connectivity index (χ1) is 8.41. The summed E-state index contributed by atoms with van der Waals surface area (Å²) in [5, 5.41) is 8.64. The van der Waals surface area contributed by atoms with Gasteiger partial charge in [0.15, 0.2) is 5.78 Å². The molecule has 0 aromatic heterocycles. The standard InChI is InChI=1S/C13H18N2O3/c1-8(14)6-9-4-2-3-5-10(9)13(18)11(15)7-12(16)17/h2-5,8,11H,6-7,14-15H2,1H3,(H,16,17). The van der Waals surface area contributed by atoms with Gasteiger partial charge in [-0.05, 0) is 18.9 Å². The lowest BCUT2D eigenvalue weighted by Crippen LogP contribution is -2.34. The van der Waals surface area contributed by atoms with Gasteiger partial charge < -0.3 is 16.6 Å². The lowest BCUT2D eigenvalue weighted by Gasteiger charge is -2.13.